The molecule has 3 rings (SSSR count). The van der Waals surface area contributed by atoms with Gasteiger partial charge in [0.05, 0.1) is 17.5 Å². The van der Waals surface area contributed by atoms with E-state index in [0.29, 0.717) is 29.6 Å². The summed E-state index contributed by atoms with van der Waals surface area (Å²) in [6.45, 7) is 0. The van der Waals surface area contributed by atoms with Crippen LogP contribution >= 0.6 is 11.6 Å². The van der Waals surface area contributed by atoms with E-state index in [2.05, 4.69) is 10.1 Å². The molecule has 2 aromatic rings. The Bertz CT molecular complexity index is 626. The number of rotatable bonds is 4. The molecule has 1 aliphatic carbocycles. The van der Waals surface area contributed by atoms with Gasteiger partial charge in [0, 0.05) is 5.56 Å². The van der Waals surface area contributed by atoms with Crippen molar-refractivity contribution in [2.24, 2.45) is 5.92 Å². The molecule has 112 valence electrons. The van der Waals surface area contributed by atoms with E-state index in [1.54, 1.807) is 0 Å². The van der Waals surface area contributed by atoms with E-state index >= 15 is 0 Å². The van der Waals surface area contributed by atoms with Gasteiger partial charge in [-0.2, -0.15) is 4.98 Å². The highest BCUT2D eigenvalue weighted by atomic mass is 35.5. The van der Waals surface area contributed by atoms with Crippen molar-refractivity contribution in [2.45, 2.75) is 38.2 Å². The van der Waals surface area contributed by atoms with Crippen LogP contribution in [0.25, 0.3) is 11.4 Å². The van der Waals surface area contributed by atoms with E-state index in [1.165, 1.54) is 31.0 Å². The molecule has 0 aliphatic heterocycles. The first kappa shape index (κ1) is 14.5. The van der Waals surface area contributed by atoms with Gasteiger partial charge in [0.2, 0.25) is 11.7 Å². The summed E-state index contributed by atoms with van der Waals surface area (Å²) in [7, 11) is 0. The molecule has 0 bridgehead atoms. The molecule has 0 spiro atoms. The number of hydrogen-bond donors (Lipinski definition) is 1. The Hall–Kier alpha value is -1.46. The first-order valence-corrected chi connectivity index (χ1v) is 7.47. The summed E-state index contributed by atoms with van der Waals surface area (Å²) in [5.74, 6) is 0.595. The average molecular weight is 311 g/mol. The molecule has 1 heterocycles. The van der Waals surface area contributed by atoms with Crippen molar-refractivity contribution in [3.05, 3.63) is 34.9 Å². The third-order valence-corrected chi connectivity index (χ3v) is 4.28. The average Bonchev–Trinajstić information content (AvgIpc) is 3.09. The molecule has 1 aliphatic rings. The minimum absolute atomic E-state index is 0.235. The van der Waals surface area contributed by atoms with Crippen LogP contribution < -0.4 is 0 Å². The first-order valence-electron chi connectivity index (χ1n) is 7.09. The van der Waals surface area contributed by atoms with Crippen LogP contribution in [0.4, 0.5) is 4.39 Å². The number of aliphatic hydroxyl groups is 1. The van der Waals surface area contributed by atoms with E-state index in [-0.39, 0.29) is 5.02 Å². The fraction of sp³-hybridized carbons (Fsp3) is 0.467. The van der Waals surface area contributed by atoms with E-state index < -0.39 is 11.9 Å². The topological polar surface area (TPSA) is 59.2 Å². The molecular formula is C15H16ClFN2O2. The van der Waals surface area contributed by atoms with Crippen molar-refractivity contribution in [3.63, 3.8) is 0 Å². The molecule has 0 amide bonds. The molecule has 1 saturated carbocycles. The van der Waals surface area contributed by atoms with Gasteiger partial charge < -0.3 is 9.63 Å². The second kappa shape index (κ2) is 6.12. The van der Waals surface area contributed by atoms with Crippen molar-refractivity contribution >= 4 is 11.6 Å². The summed E-state index contributed by atoms with van der Waals surface area (Å²) in [5.41, 5.74) is 0.517. The van der Waals surface area contributed by atoms with E-state index in [4.69, 9.17) is 16.1 Å². The SMILES string of the molecule is OC(Cc1nc(-c2ccc(F)cc2Cl)no1)C1CCCC1. The largest absolute Gasteiger partial charge is 0.392 e. The van der Waals surface area contributed by atoms with Gasteiger partial charge in [-0.05, 0) is 37.0 Å². The quantitative estimate of drug-likeness (QED) is 0.937. The van der Waals surface area contributed by atoms with Gasteiger partial charge in [0.25, 0.3) is 0 Å². The van der Waals surface area contributed by atoms with Crippen LogP contribution in [0.2, 0.25) is 5.02 Å². The lowest BCUT2D eigenvalue weighted by Gasteiger charge is -2.14. The van der Waals surface area contributed by atoms with Crippen molar-refractivity contribution in [1.29, 1.82) is 0 Å². The summed E-state index contributed by atoms with van der Waals surface area (Å²) in [5, 5.41) is 14.3. The minimum atomic E-state index is -0.454. The summed E-state index contributed by atoms with van der Waals surface area (Å²) < 4.78 is 18.2. The molecule has 1 atom stereocenters. The molecule has 1 unspecified atom stereocenters. The molecule has 1 aromatic heterocycles. The molecule has 1 N–H and O–H groups in total. The van der Waals surface area contributed by atoms with E-state index in [9.17, 15) is 9.50 Å². The van der Waals surface area contributed by atoms with Gasteiger partial charge in [-0.25, -0.2) is 4.39 Å². The molecule has 1 fully saturated rings. The van der Waals surface area contributed by atoms with Crippen LogP contribution in [0, 0.1) is 11.7 Å². The fourth-order valence-corrected chi connectivity index (χ4v) is 3.06. The normalized spacial score (nSPS) is 17.3. The number of halogens is 2. The predicted octanol–water partition coefficient (Wildman–Crippen LogP) is 3.62. The van der Waals surface area contributed by atoms with Gasteiger partial charge in [0.15, 0.2) is 0 Å². The van der Waals surface area contributed by atoms with E-state index in [1.807, 2.05) is 0 Å². The van der Waals surface area contributed by atoms with Gasteiger partial charge in [0.1, 0.15) is 5.82 Å². The second-order valence-corrected chi connectivity index (χ2v) is 5.86. The lowest BCUT2D eigenvalue weighted by molar-refractivity contribution is 0.102. The van der Waals surface area contributed by atoms with E-state index in [0.717, 1.165) is 12.8 Å². The van der Waals surface area contributed by atoms with Crippen LogP contribution in [0.5, 0.6) is 0 Å². The monoisotopic (exact) mass is 310 g/mol. The third kappa shape index (κ3) is 3.24. The maximum absolute atomic E-state index is 13.0. The molecule has 21 heavy (non-hydrogen) atoms. The van der Waals surface area contributed by atoms with Crippen LogP contribution in [-0.2, 0) is 6.42 Å². The molecular weight excluding hydrogens is 295 g/mol. The molecule has 6 heteroatoms. The fourth-order valence-electron chi connectivity index (χ4n) is 2.81. The molecule has 0 radical (unpaired) electrons. The highest BCUT2D eigenvalue weighted by Gasteiger charge is 2.25. The Morgan fingerprint density at radius 2 is 2.14 bits per heavy atom. The lowest BCUT2D eigenvalue weighted by atomic mass is 9.98. The number of benzene rings is 1. The summed E-state index contributed by atoms with van der Waals surface area (Å²) in [4.78, 5) is 4.24. The maximum Gasteiger partial charge on any atom is 0.229 e. The number of nitrogens with zero attached hydrogens (tertiary/aromatic N) is 2. The first-order chi connectivity index (χ1) is 10.1. The summed E-state index contributed by atoms with van der Waals surface area (Å²) in [6.07, 6.45) is 4.32. The van der Waals surface area contributed by atoms with Crippen molar-refractivity contribution in [2.75, 3.05) is 0 Å². The second-order valence-electron chi connectivity index (χ2n) is 5.45. The Morgan fingerprint density at radius 3 is 2.86 bits per heavy atom. The highest BCUT2D eigenvalue weighted by Crippen LogP contribution is 2.30. The predicted molar refractivity (Wildman–Crippen MR) is 76.4 cm³/mol. The summed E-state index contributed by atoms with van der Waals surface area (Å²) in [6, 6.07) is 4.02. The van der Waals surface area contributed by atoms with Crippen molar-refractivity contribution in [3.8, 4) is 11.4 Å². The maximum atomic E-state index is 13.0. The molecule has 4 nitrogen and oxygen atoms in total. The van der Waals surface area contributed by atoms with Gasteiger partial charge in [-0.15, -0.1) is 0 Å². The Kier molecular flexibility index (Phi) is 4.22. The third-order valence-electron chi connectivity index (χ3n) is 3.97. The smallest absolute Gasteiger partial charge is 0.229 e. The van der Waals surface area contributed by atoms with Gasteiger partial charge in [-0.1, -0.05) is 29.6 Å². The minimum Gasteiger partial charge on any atom is -0.392 e. The Labute approximate surface area is 126 Å². The standard InChI is InChI=1S/C15H16ClFN2O2/c16-12-7-10(17)5-6-11(12)15-18-14(21-19-15)8-13(20)9-3-1-2-4-9/h5-7,9,13,20H,1-4,8H2. The summed E-state index contributed by atoms with van der Waals surface area (Å²) >= 11 is 5.97. The van der Waals surface area contributed by atoms with Crippen LogP contribution in [0.1, 0.15) is 31.6 Å². The van der Waals surface area contributed by atoms with Crippen LogP contribution in [0.15, 0.2) is 22.7 Å². The van der Waals surface area contributed by atoms with Crippen molar-refractivity contribution < 1.29 is 14.0 Å². The Morgan fingerprint density at radius 1 is 1.38 bits per heavy atom. The highest BCUT2D eigenvalue weighted by molar-refractivity contribution is 6.33. The Balaban J connectivity index is 1.73. The van der Waals surface area contributed by atoms with Gasteiger partial charge in [-0.3, -0.25) is 0 Å². The number of aliphatic hydroxyl groups excluding tert-OH is 1. The van der Waals surface area contributed by atoms with Crippen LogP contribution in [0.3, 0.4) is 0 Å². The van der Waals surface area contributed by atoms with Crippen molar-refractivity contribution in [1.82, 2.24) is 10.1 Å². The lowest BCUT2D eigenvalue weighted by Crippen LogP contribution is -2.20. The zero-order valence-electron chi connectivity index (χ0n) is 11.4. The molecule has 0 saturated heterocycles. The van der Waals surface area contributed by atoms with Gasteiger partial charge >= 0.3 is 0 Å². The zero-order valence-corrected chi connectivity index (χ0v) is 12.2. The zero-order chi connectivity index (χ0) is 14.8. The number of hydrogen-bond acceptors (Lipinski definition) is 4. The van der Waals surface area contributed by atoms with Crippen LogP contribution in [-0.4, -0.2) is 21.4 Å². The number of aromatic nitrogens is 2. The molecule has 1 aromatic carbocycles.